The van der Waals surface area contributed by atoms with E-state index in [2.05, 4.69) is 9.88 Å². The topological polar surface area (TPSA) is 109 Å². The van der Waals surface area contributed by atoms with Gasteiger partial charge in [0.05, 0.1) is 31.2 Å². The van der Waals surface area contributed by atoms with Crippen molar-refractivity contribution in [2.75, 3.05) is 50.5 Å². The van der Waals surface area contributed by atoms with E-state index in [9.17, 15) is 22.0 Å². The molecule has 1 aromatic heterocycles. The predicted octanol–water partition coefficient (Wildman–Crippen LogP) is 6.21. The number of rotatable bonds is 16. The molecule has 0 radical (unpaired) electrons. The van der Waals surface area contributed by atoms with Crippen molar-refractivity contribution in [2.24, 2.45) is 5.92 Å². The molecule has 0 unspecified atom stereocenters. The van der Waals surface area contributed by atoms with Gasteiger partial charge in [0.1, 0.15) is 21.9 Å². The van der Waals surface area contributed by atoms with Gasteiger partial charge in [-0.25, -0.2) is 18.2 Å². The highest BCUT2D eigenvalue weighted by Crippen LogP contribution is 2.39. The van der Waals surface area contributed by atoms with E-state index in [1.54, 1.807) is 0 Å². The molecule has 15 heteroatoms. The van der Waals surface area contributed by atoms with Crippen LogP contribution in [0.1, 0.15) is 53.3 Å². The van der Waals surface area contributed by atoms with Crippen molar-refractivity contribution in [3.63, 3.8) is 0 Å². The van der Waals surface area contributed by atoms with Crippen molar-refractivity contribution in [2.45, 2.75) is 44.8 Å². The molecule has 1 atom stereocenters. The molecule has 1 aliphatic heterocycles. The summed E-state index contributed by atoms with van der Waals surface area (Å²) in [6, 6.07) is 8.74. The molecule has 2 aliphatic rings. The maximum atomic E-state index is 13.8. The van der Waals surface area contributed by atoms with E-state index in [1.165, 1.54) is 60.2 Å². The van der Waals surface area contributed by atoms with E-state index in [4.69, 9.17) is 42.1 Å². The van der Waals surface area contributed by atoms with Crippen molar-refractivity contribution in [1.82, 2.24) is 4.90 Å². The summed E-state index contributed by atoms with van der Waals surface area (Å²) in [6.45, 7) is -0.300. The number of carbonyl (C=O) groups is 1. The number of benzene rings is 2. The Balaban J connectivity index is 1.48. The number of aromatic amines is 1. The number of esters is 1. The van der Waals surface area contributed by atoms with Gasteiger partial charge in [0.25, 0.3) is 0 Å². The van der Waals surface area contributed by atoms with E-state index in [0.29, 0.717) is 40.2 Å². The van der Waals surface area contributed by atoms with Crippen LogP contribution < -0.4 is 23.5 Å². The Morgan fingerprint density at radius 3 is 2.35 bits per heavy atom. The lowest BCUT2D eigenvalue weighted by atomic mass is 10.0. The van der Waals surface area contributed by atoms with Gasteiger partial charge in [-0.3, -0.25) is 4.31 Å². The Morgan fingerprint density at radius 1 is 1.04 bits per heavy atom. The van der Waals surface area contributed by atoms with Gasteiger partial charge in [0, 0.05) is 25.1 Å². The first-order chi connectivity index (χ1) is 22.9. The van der Waals surface area contributed by atoms with Crippen molar-refractivity contribution in [1.29, 1.82) is 0 Å². The molecular weight excluding hydrogens is 691 g/mol. The Bertz CT molecular complexity index is 1690. The normalized spacial score (nSPS) is 15.7. The largest absolute Gasteiger partial charge is 0.495 e. The van der Waals surface area contributed by atoms with Crippen LogP contribution >= 0.6 is 23.2 Å². The van der Waals surface area contributed by atoms with Crippen LogP contribution in [-0.4, -0.2) is 72.0 Å². The quantitative estimate of drug-likeness (QED) is 0.160. The molecule has 0 bridgehead atoms. The molecule has 10 nitrogen and oxygen atoms in total. The third-order valence-corrected chi connectivity index (χ3v) is 10.1. The molecule has 48 heavy (non-hydrogen) atoms. The first-order valence-corrected chi connectivity index (χ1v) is 18.2. The summed E-state index contributed by atoms with van der Waals surface area (Å²) in [6.07, 6.45) is 7.22. The second kappa shape index (κ2) is 15.9. The van der Waals surface area contributed by atoms with Gasteiger partial charge < -0.3 is 23.8 Å². The summed E-state index contributed by atoms with van der Waals surface area (Å²) >= 11 is 12.9. The average Bonchev–Trinajstić information content (AvgIpc) is 3.73. The number of pyridine rings is 1. The number of carbonyl (C=O) groups excluding carboxylic acids is 1. The summed E-state index contributed by atoms with van der Waals surface area (Å²) < 4.78 is 75.7. The zero-order valence-electron chi connectivity index (χ0n) is 26.6. The standard InChI is InChI=1S/C33H37Cl2F2N3O7S/c1-44-28-9-8-23(15-27(28)40(48(2,42)43)14-13-39-11-3-4-12-39)32(41)46-30(17-24-25(34)18-38-19-26(24)35)22-7-10-29(47-33(36)37)31(16-22)45-20-21-5-6-21/h7-10,15-16,18-19,21,30,33H,3-6,11-14,17,20H2,1-2H3/p+1/t30-/m0/s1. The predicted molar refractivity (Wildman–Crippen MR) is 177 cm³/mol. The molecule has 2 fully saturated rings. The maximum Gasteiger partial charge on any atom is 0.387 e. The van der Waals surface area contributed by atoms with Crippen LogP contribution in [-0.2, 0) is 21.2 Å². The fourth-order valence-corrected chi connectivity index (χ4v) is 6.97. The fraction of sp³-hybridized carbons (Fsp3) is 0.455. The number of halogens is 4. The minimum Gasteiger partial charge on any atom is -0.495 e. The molecule has 5 rings (SSSR count). The first kappa shape index (κ1) is 35.9. The fourth-order valence-electron chi connectivity index (χ4n) is 5.52. The van der Waals surface area contributed by atoms with Gasteiger partial charge in [0.2, 0.25) is 10.0 Å². The summed E-state index contributed by atoms with van der Waals surface area (Å²) in [5.41, 5.74) is 1.14. The molecule has 0 spiro atoms. The lowest BCUT2D eigenvalue weighted by Gasteiger charge is -2.27. The van der Waals surface area contributed by atoms with E-state index >= 15 is 0 Å². The number of H-pyrrole nitrogens is 1. The van der Waals surface area contributed by atoms with Gasteiger partial charge in [0.15, 0.2) is 23.9 Å². The van der Waals surface area contributed by atoms with Crippen LogP contribution in [0.15, 0.2) is 48.8 Å². The van der Waals surface area contributed by atoms with E-state index in [1.807, 2.05) is 0 Å². The summed E-state index contributed by atoms with van der Waals surface area (Å²) in [4.78, 5) is 18.9. The second-order valence-corrected chi connectivity index (χ2v) is 14.6. The lowest BCUT2D eigenvalue weighted by molar-refractivity contribution is -0.377. The monoisotopic (exact) mass is 728 g/mol. The van der Waals surface area contributed by atoms with E-state index in [-0.39, 0.29) is 41.5 Å². The number of nitrogens with zero attached hydrogens (tertiary/aromatic N) is 2. The molecule has 1 N–H and O–H groups in total. The highest BCUT2D eigenvalue weighted by Gasteiger charge is 2.28. The smallest absolute Gasteiger partial charge is 0.387 e. The maximum absolute atomic E-state index is 13.8. The minimum absolute atomic E-state index is 0.0174. The molecule has 0 amide bonds. The zero-order chi connectivity index (χ0) is 34.4. The van der Waals surface area contributed by atoms with Crippen LogP contribution in [0.3, 0.4) is 0 Å². The molecule has 260 valence electrons. The van der Waals surface area contributed by atoms with Gasteiger partial charge in [-0.15, -0.1) is 0 Å². The SMILES string of the molecule is COc1ccc(C(=O)O[C@@H](Cc2c(Cl)c[nH+]cc2Cl)c2ccc(OC(F)F)c(OCC3CC3)c2)cc1N(CCN1CCCC1)S(C)(=O)=O. The summed E-state index contributed by atoms with van der Waals surface area (Å²) in [5.74, 6) is -0.264. The molecule has 1 saturated heterocycles. The third-order valence-electron chi connectivity index (χ3n) is 8.26. The number of hydrogen-bond donors (Lipinski definition) is 0. The van der Waals surface area contributed by atoms with Crippen LogP contribution in [0.4, 0.5) is 14.5 Å². The highest BCUT2D eigenvalue weighted by atomic mass is 35.5. The molecule has 3 aromatic rings. The number of alkyl halides is 2. The molecule has 2 aromatic carbocycles. The summed E-state index contributed by atoms with van der Waals surface area (Å²) in [5, 5.41) is 0.583. The van der Waals surface area contributed by atoms with E-state index < -0.39 is 28.7 Å². The average molecular weight is 730 g/mol. The number of anilines is 1. The van der Waals surface area contributed by atoms with Gasteiger partial charge in [-0.1, -0.05) is 29.3 Å². The summed E-state index contributed by atoms with van der Waals surface area (Å²) in [7, 11) is -2.34. The lowest BCUT2D eigenvalue weighted by Crippen LogP contribution is -2.37. The Morgan fingerprint density at radius 2 is 1.73 bits per heavy atom. The Hall–Kier alpha value is -3.39. The first-order valence-electron chi connectivity index (χ1n) is 15.6. The van der Waals surface area contributed by atoms with Crippen LogP contribution in [0.2, 0.25) is 10.0 Å². The highest BCUT2D eigenvalue weighted by molar-refractivity contribution is 7.92. The van der Waals surface area contributed by atoms with Crippen molar-refractivity contribution in [3.05, 3.63) is 75.5 Å². The van der Waals surface area contributed by atoms with Crippen molar-refractivity contribution < 1.29 is 45.9 Å². The third kappa shape index (κ3) is 9.40. The number of nitrogens with one attached hydrogen (secondary N) is 1. The molecule has 2 heterocycles. The van der Waals surface area contributed by atoms with E-state index in [0.717, 1.165) is 45.0 Å². The zero-order valence-corrected chi connectivity index (χ0v) is 28.9. The molecular formula is C33H38Cl2F2N3O7S+. The number of aromatic nitrogens is 1. The Kier molecular flexibility index (Phi) is 11.9. The van der Waals surface area contributed by atoms with Gasteiger partial charge >= 0.3 is 12.6 Å². The minimum atomic E-state index is -3.76. The molecule has 1 aliphatic carbocycles. The molecule has 1 saturated carbocycles. The number of ether oxygens (including phenoxy) is 4. The van der Waals surface area contributed by atoms with Gasteiger partial charge in [-0.05, 0) is 80.6 Å². The Labute approximate surface area is 288 Å². The number of likely N-dealkylation sites (tertiary alicyclic amines) is 1. The van der Waals surface area contributed by atoms with Crippen LogP contribution in [0.5, 0.6) is 17.2 Å². The van der Waals surface area contributed by atoms with Crippen LogP contribution in [0.25, 0.3) is 0 Å². The van der Waals surface area contributed by atoms with Crippen molar-refractivity contribution in [3.8, 4) is 17.2 Å². The number of hydrogen-bond acceptors (Lipinski definition) is 8. The second-order valence-electron chi connectivity index (χ2n) is 11.8. The van der Waals surface area contributed by atoms with Crippen LogP contribution in [0, 0.1) is 5.92 Å². The van der Waals surface area contributed by atoms with Gasteiger partial charge in [-0.2, -0.15) is 8.78 Å². The number of methoxy groups -OCH3 is 1. The number of sulfonamides is 1. The van der Waals surface area contributed by atoms with Crippen molar-refractivity contribution >= 4 is 44.9 Å².